The summed E-state index contributed by atoms with van der Waals surface area (Å²) < 4.78 is 23.5. The highest BCUT2D eigenvalue weighted by atomic mass is 16.7. The highest BCUT2D eigenvalue weighted by molar-refractivity contribution is 6.05. The molecule has 1 N–H and O–H groups in total. The molecule has 38 heavy (non-hydrogen) atoms. The van der Waals surface area contributed by atoms with Crippen molar-refractivity contribution in [2.24, 2.45) is 0 Å². The quantitative estimate of drug-likeness (QED) is 0.506. The molecule has 2 amide bonds. The van der Waals surface area contributed by atoms with Crippen LogP contribution in [0.5, 0.6) is 17.2 Å². The molecule has 0 atom stereocenters. The molecule has 2 aliphatic rings. The van der Waals surface area contributed by atoms with Crippen molar-refractivity contribution < 1.29 is 28.5 Å². The molecule has 10 nitrogen and oxygen atoms in total. The van der Waals surface area contributed by atoms with E-state index in [0.29, 0.717) is 48.7 Å². The molecule has 0 spiro atoms. The fraction of sp³-hybridized carbons (Fsp3) is 0.393. The summed E-state index contributed by atoms with van der Waals surface area (Å²) in [4.78, 5) is 27.8. The summed E-state index contributed by atoms with van der Waals surface area (Å²) in [5.74, 6) is 1.71. The summed E-state index contributed by atoms with van der Waals surface area (Å²) in [7, 11) is 1.62. The molecule has 10 heteroatoms. The smallest absolute Gasteiger partial charge is 0.410 e. The summed E-state index contributed by atoms with van der Waals surface area (Å²) in [6.07, 6.45) is 2.62. The molecule has 2 aromatic carbocycles. The van der Waals surface area contributed by atoms with Gasteiger partial charge in [0.2, 0.25) is 6.79 Å². The van der Waals surface area contributed by atoms with E-state index in [1.165, 1.54) is 0 Å². The number of aromatic nitrogens is 2. The molecule has 3 aromatic rings. The molecule has 0 unspecified atom stereocenters. The first-order chi connectivity index (χ1) is 18.2. The van der Waals surface area contributed by atoms with Gasteiger partial charge in [-0.3, -0.25) is 4.79 Å². The molecule has 0 radical (unpaired) electrons. The monoisotopic (exact) mass is 520 g/mol. The molecule has 200 valence electrons. The lowest BCUT2D eigenvalue weighted by molar-refractivity contribution is 0.0203. The molecule has 5 rings (SSSR count). The van der Waals surface area contributed by atoms with Gasteiger partial charge in [0.25, 0.3) is 5.91 Å². The third-order valence-corrected chi connectivity index (χ3v) is 6.53. The van der Waals surface area contributed by atoms with E-state index >= 15 is 0 Å². The second-order valence-electron chi connectivity index (χ2n) is 10.3. The molecule has 2 aliphatic heterocycles. The van der Waals surface area contributed by atoms with Gasteiger partial charge in [0, 0.05) is 30.8 Å². The zero-order chi connectivity index (χ0) is 26.9. The van der Waals surface area contributed by atoms with Gasteiger partial charge in [-0.1, -0.05) is 0 Å². The van der Waals surface area contributed by atoms with Crippen LogP contribution in [-0.2, 0) is 4.74 Å². The van der Waals surface area contributed by atoms with Gasteiger partial charge in [-0.05, 0) is 70.0 Å². The molecular weight excluding hydrogens is 488 g/mol. The summed E-state index contributed by atoms with van der Waals surface area (Å²) in [5, 5.41) is 7.58. The van der Waals surface area contributed by atoms with E-state index in [-0.39, 0.29) is 24.7 Å². The Morgan fingerprint density at radius 3 is 2.42 bits per heavy atom. The minimum atomic E-state index is -0.555. The second-order valence-corrected chi connectivity index (χ2v) is 10.3. The number of nitrogens with zero attached hydrogens (tertiary/aromatic N) is 3. The summed E-state index contributed by atoms with van der Waals surface area (Å²) >= 11 is 0. The number of likely N-dealkylation sites (tertiary alicyclic amines) is 1. The van der Waals surface area contributed by atoms with Crippen molar-refractivity contribution in [3.05, 3.63) is 59.9 Å². The molecule has 1 aromatic heterocycles. The largest absolute Gasteiger partial charge is 0.497 e. The average Bonchev–Trinajstić information content (AvgIpc) is 3.55. The minimum absolute atomic E-state index is 0.00999. The van der Waals surface area contributed by atoms with Gasteiger partial charge in [-0.25, -0.2) is 9.48 Å². The molecule has 0 saturated carbocycles. The van der Waals surface area contributed by atoms with Crippen LogP contribution in [-0.4, -0.2) is 59.3 Å². The Balaban J connectivity index is 1.41. The van der Waals surface area contributed by atoms with Crippen LogP contribution in [0.2, 0.25) is 0 Å². The number of ether oxygens (including phenoxy) is 4. The highest BCUT2D eigenvalue weighted by Crippen LogP contribution is 2.36. The first-order valence-corrected chi connectivity index (χ1v) is 12.6. The number of carbonyl (C=O) groups excluding carboxylic acids is 2. The van der Waals surface area contributed by atoms with E-state index in [1.54, 1.807) is 36.4 Å². The van der Waals surface area contributed by atoms with Crippen LogP contribution in [0.4, 0.5) is 10.5 Å². The SMILES string of the molecule is COc1ccc(-n2ncc(C(=O)Nc3ccc4c(c3)OCO4)c2C2CCN(C(=O)OC(C)(C)C)CC2)cc1. The Morgan fingerprint density at radius 2 is 1.74 bits per heavy atom. The van der Waals surface area contributed by atoms with Crippen molar-refractivity contribution in [3.63, 3.8) is 0 Å². The molecule has 1 saturated heterocycles. The van der Waals surface area contributed by atoms with Gasteiger partial charge in [-0.2, -0.15) is 5.10 Å². The lowest BCUT2D eigenvalue weighted by Gasteiger charge is -2.34. The van der Waals surface area contributed by atoms with Crippen LogP contribution in [0.1, 0.15) is 55.6 Å². The van der Waals surface area contributed by atoms with E-state index in [1.807, 2.05) is 49.7 Å². The standard InChI is InChI=1S/C28H32N4O6/c1-28(2,3)38-27(34)31-13-11-18(12-14-31)25-22(16-29-32(25)20-6-8-21(35-4)9-7-20)26(33)30-19-5-10-23-24(15-19)37-17-36-23/h5-10,15-16,18H,11-14,17H2,1-4H3,(H,30,33). The number of benzene rings is 2. The maximum atomic E-state index is 13.5. The van der Waals surface area contributed by atoms with E-state index < -0.39 is 5.60 Å². The topological polar surface area (TPSA) is 104 Å². The number of methoxy groups -OCH3 is 1. The molecular formula is C28H32N4O6. The maximum Gasteiger partial charge on any atom is 0.410 e. The van der Waals surface area contributed by atoms with Gasteiger partial charge in [0.15, 0.2) is 11.5 Å². The van der Waals surface area contributed by atoms with Gasteiger partial charge in [0.1, 0.15) is 11.4 Å². The summed E-state index contributed by atoms with van der Waals surface area (Å²) in [5.41, 5.74) is 2.15. The van der Waals surface area contributed by atoms with E-state index in [0.717, 1.165) is 17.1 Å². The van der Waals surface area contributed by atoms with Crippen molar-refractivity contribution >= 4 is 17.7 Å². The molecule has 3 heterocycles. The van der Waals surface area contributed by atoms with Crippen LogP contribution in [0, 0.1) is 0 Å². The summed E-state index contributed by atoms with van der Waals surface area (Å²) in [6.45, 7) is 6.78. The van der Waals surface area contributed by atoms with Gasteiger partial charge in [-0.15, -0.1) is 0 Å². The Hall–Kier alpha value is -4.21. The second kappa shape index (κ2) is 10.3. The van der Waals surface area contributed by atoms with Crippen LogP contribution in [0.15, 0.2) is 48.7 Å². The Morgan fingerprint density at radius 1 is 1.03 bits per heavy atom. The molecule has 0 aliphatic carbocycles. The van der Waals surface area contributed by atoms with Gasteiger partial charge < -0.3 is 29.2 Å². The predicted molar refractivity (Wildman–Crippen MR) is 140 cm³/mol. The van der Waals surface area contributed by atoms with Crippen molar-refractivity contribution in [2.45, 2.75) is 45.1 Å². The fourth-order valence-electron chi connectivity index (χ4n) is 4.69. The minimum Gasteiger partial charge on any atom is -0.497 e. The number of hydrogen-bond acceptors (Lipinski definition) is 7. The third kappa shape index (κ3) is 5.39. The van der Waals surface area contributed by atoms with Crippen molar-refractivity contribution in [1.82, 2.24) is 14.7 Å². The number of hydrogen-bond donors (Lipinski definition) is 1. The van der Waals surface area contributed by atoms with Crippen LogP contribution in [0.25, 0.3) is 5.69 Å². The number of piperidine rings is 1. The Kier molecular flexibility index (Phi) is 6.88. The van der Waals surface area contributed by atoms with Gasteiger partial charge in [0.05, 0.1) is 30.3 Å². The normalized spacial score (nSPS) is 15.3. The van der Waals surface area contributed by atoms with Crippen LogP contribution in [0.3, 0.4) is 0 Å². The first kappa shape index (κ1) is 25.4. The number of nitrogens with one attached hydrogen (secondary N) is 1. The maximum absolute atomic E-state index is 13.5. The predicted octanol–water partition coefficient (Wildman–Crippen LogP) is 4.98. The lowest BCUT2D eigenvalue weighted by Crippen LogP contribution is -2.41. The summed E-state index contributed by atoms with van der Waals surface area (Å²) in [6, 6.07) is 12.8. The highest BCUT2D eigenvalue weighted by Gasteiger charge is 2.32. The van der Waals surface area contributed by atoms with Crippen molar-refractivity contribution in [1.29, 1.82) is 0 Å². The zero-order valence-corrected chi connectivity index (χ0v) is 22.0. The Labute approximate surface area is 221 Å². The van der Waals surface area contributed by atoms with E-state index in [9.17, 15) is 9.59 Å². The molecule has 0 bridgehead atoms. The van der Waals surface area contributed by atoms with Gasteiger partial charge >= 0.3 is 6.09 Å². The number of carbonyl (C=O) groups is 2. The van der Waals surface area contributed by atoms with E-state index in [4.69, 9.17) is 18.9 Å². The third-order valence-electron chi connectivity index (χ3n) is 6.53. The number of amides is 2. The Bertz CT molecular complexity index is 1320. The van der Waals surface area contributed by atoms with Crippen LogP contribution >= 0.6 is 0 Å². The number of rotatable bonds is 5. The lowest BCUT2D eigenvalue weighted by atomic mass is 9.90. The van der Waals surface area contributed by atoms with E-state index in [2.05, 4.69) is 10.4 Å². The first-order valence-electron chi connectivity index (χ1n) is 12.6. The van der Waals surface area contributed by atoms with Crippen molar-refractivity contribution in [3.8, 4) is 22.9 Å². The zero-order valence-electron chi connectivity index (χ0n) is 22.0. The number of fused-ring (bicyclic) bond motifs is 1. The fourth-order valence-corrected chi connectivity index (χ4v) is 4.69. The van der Waals surface area contributed by atoms with Crippen LogP contribution < -0.4 is 19.5 Å². The van der Waals surface area contributed by atoms with Crippen molar-refractivity contribution in [2.75, 3.05) is 32.3 Å². The molecule has 1 fully saturated rings. The number of anilines is 1. The average molecular weight is 521 g/mol.